The first-order chi connectivity index (χ1) is 9.81. The summed E-state index contributed by atoms with van der Waals surface area (Å²) in [6, 6.07) is 11.4. The Labute approximate surface area is 128 Å². The predicted octanol–water partition coefficient (Wildman–Crippen LogP) is 4.27. The van der Waals surface area contributed by atoms with Crippen molar-refractivity contribution in [1.29, 1.82) is 0 Å². The summed E-state index contributed by atoms with van der Waals surface area (Å²) in [7, 11) is 0. The summed E-state index contributed by atoms with van der Waals surface area (Å²) in [4.78, 5) is 2.99. The molecular formula is C17H19NS2. The second-order valence-electron chi connectivity index (χ2n) is 5.84. The first-order valence-electron chi connectivity index (χ1n) is 7.34. The molecule has 1 aliphatic heterocycles. The highest BCUT2D eigenvalue weighted by molar-refractivity contribution is 7.98. The smallest absolute Gasteiger partial charge is 0.0395 e. The van der Waals surface area contributed by atoms with Gasteiger partial charge in [-0.15, -0.1) is 11.3 Å². The predicted molar refractivity (Wildman–Crippen MR) is 88.6 cm³/mol. The van der Waals surface area contributed by atoms with Gasteiger partial charge < -0.3 is 5.73 Å². The van der Waals surface area contributed by atoms with Gasteiger partial charge in [0.05, 0.1) is 0 Å². The van der Waals surface area contributed by atoms with Crippen molar-refractivity contribution in [2.45, 2.75) is 37.0 Å². The number of nitrogens with two attached hydrogens (primary N) is 1. The van der Waals surface area contributed by atoms with Gasteiger partial charge in [0, 0.05) is 21.5 Å². The Bertz CT molecular complexity index is 608. The Kier molecular flexibility index (Phi) is 3.37. The van der Waals surface area contributed by atoms with Crippen LogP contribution in [0.5, 0.6) is 0 Å². The minimum atomic E-state index is 0.217. The molecule has 2 atom stereocenters. The Morgan fingerprint density at radius 1 is 1.25 bits per heavy atom. The summed E-state index contributed by atoms with van der Waals surface area (Å²) in [6.45, 7) is 0. The molecule has 0 fully saturated rings. The van der Waals surface area contributed by atoms with Gasteiger partial charge in [0.2, 0.25) is 0 Å². The molecule has 0 saturated carbocycles. The maximum absolute atomic E-state index is 6.48. The lowest BCUT2D eigenvalue weighted by atomic mass is 9.74. The molecule has 0 radical (unpaired) electrons. The molecule has 1 aromatic carbocycles. The third-order valence-corrected chi connectivity index (χ3v) is 6.89. The van der Waals surface area contributed by atoms with Crippen LogP contribution >= 0.6 is 23.1 Å². The van der Waals surface area contributed by atoms with Gasteiger partial charge >= 0.3 is 0 Å². The Balaban J connectivity index is 1.49. The van der Waals surface area contributed by atoms with Crippen LogP contribution in [0.15, 0.2) is 30.3 Å². The van der Waals surface area contributed by atoms with Crippen molar-refractivity contribution >= 4 is 23.1 Å². The van der Waals surface area contributed by atoms with E-state index in [1.165, 1.54) is 40.4 Å². The zero-order chi connectivity index (χ0) is 13.5. The highest BCUT2D eigenvalue weighted by Crippen LogP contribution is 2.42. The minimum Gasteiger partial charge on any atom is -0.323 e. The van der Waals surface area contributed by atoms with Crippen molar-refractivity contribution in [3.63, 3.8) is 0 Å². The summed E-state index contributed by atoms with van der Waals surface area (Å²) in [6.07, 6.45) is 3.55. The molecule has 2 heterocycles. The van der Waals surface area contributed by atoms with Crippen molar-refractivity contribution in [3.8, 4) is 0 Å². The van der Waals surface area contributed by atoms with E-state index in [-0.39, 0.29) is 6.04 Å². The second kappa shape index (κ2) is 5.21. The van der Waals surface area contributed by atoms with Gasteiger partial charge in [-0.2, -0.15) is 11.8 Å². The zero-order valence-corrected chi connectivity index (χ0v) is 13.1. The summed E-state index contributed by atoms with van der Waals surface area (Å²) in [5, 5.41) is 0. The van der Waals surface area contributed by atoms with Gasteiger partial charge in [-0.1, -0.05) is 24.3 Å². The molecule has 2 unspecified atom stereocenters. The van der Waals surface area contributed by atoms with Crippen LogP contribution in [0.1, 0.15) is 44.8 Å². The standard InChI is InChI=1S/C17H19NS2/c18-15(8-12-7-11-3-1-2-4-14(11)12)17-9-13-10-19-6-5-16(13)20-17/h1-4,9,12,15H,5-8,10,18H2. The SMILES string of the molecule is NC(CC1Cc2ccccc21)c1cc2c(s1)CCSC2. The van der Waals surface area contributed by atoms with Crippen molar-refractivity contribution in [2.24, 2.45) is 5.73 Å². The van der Waals surface area contributed by atoms with E-state index in [1.54, 1.807) is 10.4 Å². The summed E-state index contributed by atoms with van der Waals surface area (Å²) in [5.41, 5.74) is 11.1. The van der Waals surface area contributed by atoms with E-state index in [1.807, 2.05) is 23.1 Å². The van der Waals surface area contributed by atoms with Gasteiger partial charge in [-0.25, -0.2) is 0 Å². The van der Waals surface area contributed by atoms with Crippen LogP contribution < -0.4 is 5.73 Å². The Morgan fingerprint density at radius 3 is 3.00 bits per heavy atom. The van der Waals surface area contributed by atoms with Crippen LogP contribution in [0.2, 0.25) is 0 Å². The van der Waals surface area contributed by atoms with Crippen molar-refractivity contribution in [2.75, 3.05) is 5.75 Å². The molecule has 104 valence electrons. The van der Waals surface area contributed by atoms with E-state index in [9.17, 15) is 0 Å². The minimum absolute atomic E-state index is 0.217. The van der Waals surface area contributed by atoms with Gasteiger partial charge in [0.1, 0.15) is 0 Å². The number of hydrogen-bond acceptors (Lipinski definition) is 3. The van der Waals surface area contributed by atoms with Crippen LogP contribution in [0.25, 0.3) is 0 Å². The lowest BCUT2D eigenvalue weighted by Gasteiger charge is -2.31. The highest BCUT2D eigenvalue weighted by atomic mass is 32.2. The topological polar surface area (TPSA) is 26.0 Å². The van der Waals surface area contributed by atoms with Crippen molar-refractivity contribution in [1.82, 2.24) is 0 Å². The number of rotatable bonds is 3. The zero-order valence-electron chi connectivity index (χ0n) is 11.5. The number of thiophene rings is 1. The third-order valence-electron chi connectivity index (χ3n) is 4.51. The second-order valence-corrected chi connectivity index (χ2v) is 8.12. The third kappa shape index (κ3) is 2.22. The quantitative estimate of drug-likeness (QED) is 0.916. The largest absolute Gasteiger partial charge is 0.323 e. The normalized spacial score (nSPS) is 21.8. The molecule has 0 amide bonds. The van der Waals surface area contributed by atoms with E-state index < -0.39 is 0 Å². The average molecular weight is 301 g/mol. The van der Waals surface area contributed by atoms with E-state index in [4.69, 9.17) is 5.73 Å². The number of benzene rings is 1. The first-order valence-corrected chi connectivity index (χ1v) is 9.31. The van der Waals surface area contributed by atoms with Gasteiger partial charge in [-0.05, 0) is 53.7 Å². The highest BCUT2D eigenvalue weighted by Gasteiger charge is 2.28. The van der Waals surface area contributed by atoms with Gasteiger partial charge in [0.15, 0.2) is 0 Å². The number of aryl methyl sites for hydroxylation is 1. The van der Waals surface area contributed by atoms with Crippen LogP contribution in [0, 0.1) is 0 Å². The Hall–Kier alpha value is -0.770. The van der Waals surface area contributed by atoms with E-state index >= 15 is 0 Å². The first kappa shape index (κ1) is 12.9. The molecule has 2 aliphatic rings. The summed E-state index contributed by atoms with van der Waals surface area (Å²) in [5.74, 6) is 3.14. The van der Waals surface area contributed by atoms with Crippen molar-refractivity contribution < 1.29 is 0 Å². The molecule has 0 bridgehead atoms. The molecule has 1 nitrogen and oxygen atoms in total. The average Bonchev–Trinajstić information content (AvgIpc) is 2.88. The fourth-order valence-corrected chi connectivity index (χ4v) is 5.74. The molecule has 1 aliphatic carbocycles. The fourth-order valence-electron chi connectivity index (χ4n) is 3.35. The lowest BCUT2D eigenvalue weighted by Crippen LogP contribution is -2.22. The van der Waals surface area contributed by atoms with Gasteiger partial charge in [0.25, 0.3) is 0 Å². The maximum atomic E-state index is 6.48. The van der Waals surface area contributed by atoms with E-state index in [2.05, 4.69) is 30.3 Å². The molecule has 4 rings (SSSR count). The number of thioether (sulfide) groups is 1. The monoisotopic (exact) mass is 301 g/mol. The molecule has 2 aromatic rings. The number of hydrogen-bond donors (Lipinski definition) is 1. The Morgan fingerprint density at radius 2 is 2.15 bits per heavy atom. The van der Waals surface area contributed by atoms with Crippen LogP contribution in [0.3, 0.4) is 0 Å². The molecule has 20 heavy (non-hydrogen) atoms. The maximum Gasteiger partial charge on any atom is 0.0395 e. The van der Waals surface area contributed by atoms with Gasteiger partial charge in [-0.3, -0.25) is 0 Å². The molecule has 0 spiro atoms. The van der Waals surface area contributed by atoms with Crippen LogP contribution in [0.4, 0.5) is 0 Å². The van der Waals surface area contributed by atoms with E-state index in [0.717, 1.165) is 6.42 Å². The van der Waals surface area contributed by atoms with Crippen LogP contribution in [-0.2, 0) is 18.6 Å². The molecule has 1 aromatic heterocycles. The molecule has 2 N–H and O–H groups in total. The van der Waals surface area contributed by atoms with E-state index in [0.29, 0.717) is 5.92 Å². The molecule has 3 heteroatoms. The molecular weight excluding hydrogens is 282 g/mol. The summed E-state index contributed by atoms with van der Waals surface area (Å²) >= 11 is 4.01. The summed E-state index contributed by atoms with van der Waals surface area (Å²) < 4.78 is 0. The van der Waals surface area contributed by atoms with Crippen molar-refractivity contribution in [3.05, 3.63) is 56.8 Å². The lowest BCUT2D eigenvalue weighted by molar-refractivity contribution is 0.502. The fraction of sp³-hybridized carbons (Fsp3) is 0.412. The van der Waals surface area contributed by atoms with Crippen LogP contribution in [-0.4, -0.2) is 5.75 Å². The molecule has 0 saturated heterocycles. The number of fused-ring (bicyclic) bond motifs is 2.